The first-order valence-electron chi connectivity index (χ1n) is 11.7. The molecule has 1 aromatic carbocycles. The van der Waals surface area contributed by atoms with E-state index in [4.69, 9.17) is 14.6 Å². The molecule has 0 spiro atoms. The van der Waals surface area contributed by atoms with Gasteiger partial charge in [-0.3, -0.25) is 4.72 Å². The second-order valence-electron chi connectivity index (χ2n) is 8.09. The molecule has 0 bridgehead atoms. The second kappa shape index (κ2) is 11.8. The largest absolute Gasteiger partial charge is 0.480 e. The highest BCUT2D eigenvalue weighted by Crippen LogP contribution is 2.32. The van der Waals surface area contributed by atoms with E-state index in [0.717, 1.165) is 22.9 Å². The maximum Gasteiger partial charge on any atom is 0.238 e. The third-order valence-electron chi connectivity index (χ3n) is 5.39. The highest BCUT2D eigenvalue weighted by molar-refractivity contribution is 7.92. The molecule has 0 amide bonds. The topological polar surface area (TPSA) is 148 Å². The summed E-state index contributed by atoms with van der Waals surface area (Å²) < 4.78 is 38.2. The third kappa shape index (κ3) is 6.60. The lowest BCUT2D eigenvalue weighted by Crippen LogP contribution is -2.17. The molecule has 3 heterocycles. The zero-order valence-corrected chi connectivity index (χ0v) is 21.3. The molecule has 0 aliphatic rings. The Morgan fingerprint density at radius 1 is 1.00 bits per heavy atom. The lowest BCUT2D eigenvalue weighted by Gasteiger charge is -2.13. The van der Waals surface area contributed by atoms with Crippen LogP contribution in [0.15, 0.2) is 55.1 Å². The number of pyridine rings is 2. The van der Waals surface area contributed by atoms with Crippen molar-refractivity contribution < 1.29 is 23.0 Å². The van der Waals surface area contributed by atoms with Crippen molar-refractivity contribution >= 4 is 38.1 Å². The fourth-order valence-electron chi connectivity index (χ4n) is 3.56. The van der Waals surface area contributed by atoms with Crippen LogP contribution in [0.5, 0.6) is 11.8 Å². The molecule has 0 fully saturated rings. The van der Waals surface area contributed by atoms with Gasteiger partial charge in [-0.2, -0.15) is 0 Å². The number of aliphatic hydroxyl groups is 1. The van der Waals surface area contributed by atoms with Gasteiger partial charge >= 0.3 is 0 Å². The molecule has 12 heteroatoms. The minimum atomic E-state index is -3.54. The number of methoxy groups -OCH3 is 1. The number of aromatic nitrogens is 4. The van der Waals surface area contributed by atoms with E-state index in [1.54, 1.807) is 30.6 Å². The van der Waals surface area contributed by atoms with Crippen LogP contribution in [-0.4, -0.2) is 59.5 Å². The lowest BCUT2D eigenvalue weighted by atomic mass is 10.0. The molecule has 37 heavy (non-hydrogen) atoms. The molecule has 0 radical (unpaired) electrons. The maximum atomic E-state index is 12.5. The van der Waals surface area contributed by atoms with E-state index >= 15 is 0 Å². The number of aliphatic hydroxyl groups excluding tert-OH is 1. The van der Waals surface area contributed by atoms with E-state index in [0.29, 0.717) is 29.4 Å². The molecule has 3 N–H and O–H groups in total. The molecular weight excluding hydrogens is 496 g/mol. The standard InChI is InChI=1S/C25H28N6O5S/c1-3-4-11-37(33,34)31-22-13-18(14-27-25(22)35-2)17-5-7-21-20(12-17)24(29-16-28-21)30-19-6-8-23(26-15-19)36-10-9-32/h5-8,12-16,31-32H,3-4,9-11H2,1-2H3,(H,28,29,30). The van der Waals surface area contributed by atoms with E-state index < -0.39 is 10.0 Å². The van der Waals surface area contributed by atoms with Crippen molar-refractivity contribution in [2.75, 3.05) is 36.1 Å². The number of sulfonamides is 1. The van der Waals surface area contributed by atoms with Crippen molar-refractivity contribution in [1.29, 1.82) is 0 Å². The van der Waals surface area contributed by atoms with Gasteiger partial charge in [0.2, 0.25) is 21.8 Å². The van der Waals surface area contributed by atoms with Crippen LogP contribution in [-0.2, 0) is 10.0 Å². The summed E-state index contributed by atoms with van der Waals surface area (Å²) in [6.07, 6.45) is 6.02. The normalized spacial score (nSPS) is 11.3. The number of nitrogens with one attached hydrogen (secondary N) is 2. The van der Waals surface area contributed by atoms with Gasteiger partial charge in [0.1, 0.15) is 24.4 Å². The molecule has 0 aliphatic heterocycles. The van der Waals surface area contributed by atoms with Crippen LogP contribution in [0.3, 0.4) is 0 Å². The number of hydrogen-bond donors (Lipinski definition) is 3. The molecule has 194 valence electrons. The smallest absolute Gasteiger partial charge is 0.238 e. The summed E-state index contributed by atoms with van der Waals surface area (Å²) in [5.41, 5.74) is 3.17. The minimum absolute atomic E-state index is 0.0165. The van der Waals surface area contributed by atoms with Gasteiger partial charge in [-0.05, 0) is 36.2 Å². The average Bonchev–Trinajstić information content (AvgIpc) is 2.91. The summed E-state index contributed by atoms with van der Waals surface area (Å²) in [6.45, 7) is 2.01. The zero-order chi connectivity index (χ0) is 26.3. The van der Waals surface area contributed by atoms with Gasteiger partial charge in [0, 0.05) is 23.2 Å². The summed E-state index contributed by atoms with van der Waals surface area (Å²) in [5, 5.41) is 12.9. The van der Waals surface area contributed by atoms with Crippen LogP contribution in [0.2, 0.25) is 0 Å². The Morgan fingerprint density at radius 2 is 1.86 bits per heavy atom. The fraction of sp³-hybridized carbons (Fsp3) is 0.280. The first kappa shape index (κ1) is 26.0. The highest BCUT2D eigenvalue weighted by Gasteiger charge is 2.16. The van der Waals surface area contributed by atoms with Crippen molar-refractivity contribution in [2.45, 2.75) is 19.8 Å². The first-order valence-corrected chi connectivity index (χ1v) is 13.3. The quantitative estimate of drug-likeness (QED) is 0.250. The Labute approximate surface area is 215 Å². The molecule has 0 atom stereocenters. The molecule has 0 aliphatic carbocycles. The Balaban J connectivity index is 1.65. The van der Waals surface area contributed by atoms with Crippen LogP contribution in [0.1, 0.15) is 19.8 Å². The number of hydrogen-bond acceptors (Lipinski definition) is 10. The monoisotopic (exact) mass is 524 g/mol. The summed E-state index contributed by atoms with van der Waals surface area (Å²) >= 11 is 0. The van der Waals surface area contributed by atoms with E-state index in [9.17, 15) is 8.42 Å². The van der Waals surface area contributed by atoms with E-state index in [1.165, 1.54) is 13.4 Å². The summed E-state index contributed by atoms with van der Waals surface area (Å²) in [4.78, 5) is 17.3. The molecule has 4 rings (SSSR count). The lowest BCUT2D eigenvalue weighted by molar-refractivity contribution is 0.196. The summed E-state index contributed by atoms with van der Waals surface area (Å²) in [5.74, 6) is 1.18. The van der Waals surface area contributed by atoms with E-state index in [1.807, 2.05) is 25.1 Å². The minimum Gasteiger partial charge on any atom is -0.480 e. The van der Waals surface area contributed by atoms with Crippen molar-refractivity contribution in [3.8, 4) is 22.9 Å². The fourth-order valence-corrected chi connectivity index (χ4v) is 4.81. The van der Waals surface area contributed by atoms with Crippen LogP contribution in [0.4, 0.5) is 17.2 Å². The van der Waals surface area contributed by atoms with Gasteiger partial charge in [0.05, 0.1) is 36.9 Å². The van der Waals surface area contributed by atoms with Crippen molar-refractivity contribution in [1.82, 2.24) is 19.9 Å². The Bertz CT molecular complexity index is 1460. The molecule has 11 nitrogen and oxygen atoms in total. The number of benzene rings is 1. The number of ether oxygens (including phenoxy) is 2. The highest BCUT2D eigenvalue weighted by atomic mass is 32.2. The number of fused-ring (bicyclic) bond motifs is 1. The van der Waals surface area contributed by atoms with Gasteiger partial charge in [-0.1, -0.05) is 19.4 Å². The number of rotatable bonds is 12. The van der Waals surface area contributed by atoms with Crippen molar-refractivity contribution in [2.24, 2.45) is 0 Å². The summed E-state index contributed by atoms with van der Waals surface area (Å²) in [7, 11) is -2.10. The Hall–Kier alpha value is -4.03. The molecular formula is C25H28N6O5S. The van der Waals surface area contributed by atoms with Crippen LogP contribution in [0.25, 0.3) is 22.0 Å². The van der Waals surface area contributed by atoms with Gasteiger partial charge in [-0.25, -0.2) is 28.4 Å². The SMILES string of the molecule is CCCCS(=O)(=O)Nc1cc(-c2ccc3ncnc(Nc4ccc(OCCO)nc4)c3c2)cnc1OC. The van der Waals surface area contributed by atoms with E-state index in [-0.39, 0.29) is 30.5 Å². The van der Waals surface area contributed by atoms with Crippen molar-refractivity contribution in [3.05, 3.63) is 55.1 Å². The molecule has 4 aromatic rings. The predicted octanol–water partition coefficient (Wildman–Crippen LogP) is 3.75. The first-order chi connectivity index (χ1) is 17.9. The molecule has 0 saturated heterocycles. The Kier molecular flexibility index (Phi) is 8.31. The van der Waals surface area contributed by atoms with Crippen LogP contribution >= 0.6 is 0 Å². The second-order valence-corrected chi connectivity index (χ2v) is 9.93. The van der Waals surface area contributed by atoms with Gasteiger partial charge in [-0.15, -0.1) is 0 Å². The van der Waals surface area contributed by atoms with Crippen LogP contribution < -0.4 is 19.5 Å². The number of anilines is 3. The zero-order valence-electron chi connectivity index (χ0n) is 20.5. The maximum absolute atomic E-state index is 12.5. The third-order valence-corrected chi connectivity index (χ3v) is 6.74. The van der Waals surface area contributed by atoms with Gasteiger partial charge in [0.15, 0.2) is 0 Å². The summed E-state index contributed by atoms with van der Waals surface area (Å²) in [6, 6.07) is 10.8. The van der Waals surface area contributed by atoms with Gasteiger partial charge < -0.3 is 19.9 Å². The Morgan fingerprint density at radius 3 is 2.59 bits per heavy atom. The predicted molar refractivity (Wildman–Crippen MR) is 142 cm³/mol. The van der Waals surface area contributed by atoms with Gasteiger partial charge in [0.25, 0.3) is 0 Å². The number of nitrogens with zero attached hydrogens (tertiary/aromatic N) is 4. The molecule has 0 unspecified atom stereocenters. The van der Waals surface area contributed by atoms with Crippen LogP contribution in [0, 0.1) is 0 Å². The van der Waals surface area contributed by atoms with Crippen molar-refractivity contribution in [3.63, 3.8) is 0 Å². The van der Waals surface area contributed by atoms with E-state index in [2.05, 4.69) is 30.0 Å². The average molecular weight is 525 g/mol. The number of unbranched alkanes of at least 4 members (excludes halogenated alkanes) is 1. The molecule has 0 saturated carbocycles. The molecule has 3 aromatic heterocycles.